The second kappa shape index (κ2) is 5.07. The van der Waals surface area contributed by atoms with Gasteiger partial charge in [-0.15, -0.1) is 0 Å². The quantitative estimate of drug-likeness (QED) is 0.675. The minimum Gasteiger partial charge on any atom is -0.504 e. The highest BCUT2D eigenvalue weighted by molar-refractivity contribution is 5.60. The first-order valence-electron chi connectivity index (χ1n) is 5.35. The molecule has 0 heterocycles. The van der Waals surface area contributed by atoms with Gasteiger partial charge >= 0.3 is 0 Å². The summed E-state index contributed by atoms with van der Waals surface area (Å²) in [6, 6.07) is 3.54. The van der Waals surface area contributed by atoms with E-state index >= 15 is 0 Å². The molecule has 1 aromatic rings. The van der Waals surface area contributed by atoms with Crippen LogP contribution in [0, 0.1) is 0 Å². The predicted molar refractivity (Wildman–Crippen MR) is 66.3 cm³/mol. The first kappa shape index (κ1) is 12.6. The number of rotatable bonds is 4. The molecule has 0 bridgehead atoms. The summed E-state index contributed by atoms with van der Waals surface area (Å²) in [5, 5.41) is 22.1. The Labute approximate surface area is 96.5 Å². The standard InChI is InChI=1S/C12H20N2O2/c1-8(13-2)5-9-6-11(15)12(16)7-10(9)14(3)4/h6-8,13,15-16H,5H2,1-4H3. The molecule has 4 nitrogen and oxygen atoms in total. The Kier molecular flexibility index (Phi) is 4.01. The largest absolute Gasteiger partial charge is 0.504 e. The van der Waals surface area contributed by atoms with Gasteiger partial charge in [-0.1, -0.05) is 0 Å². The molecule has 1 unspecified atom stereocenters. The topological polar surface area (TPSA) is 55.7 Å². The van der Waals surface area contributed by atoms with Crippen molar-refractivity contribution in [2.24, 2.45) is 0 Å². The summed E-state index contributed by atoms with van der Waals surface area (Å²) in [6.07, 6.45) is 0.803. The van der Waals surface area contributed by atoms with Gasteiger partial charge in [0.05, 0.1) is 0 Å². The SMILES string of the molecule is CNC(C)Cc1cc(O)c(O)cc1N(C)C. The number of benzene rings is 1. The maximum Gasteiger partial charge on any atom is 0.159 e. The number of hydrogen-bond acceptors (Lipinski definition) is 4. The van der Waals surface area contributed by atoms with Crippen LogP contribution < -0.4 is 10.2 Å². The maximum atomic E-state index is 9.50. The molecule has 0 radical (unpaired) electrons. The van der Waals surface area contributed by atoms with E-state index in [0.29, 0.717) is 6.04 Å². The molecule has 0 saturated carbocycles. The lowest BCUT2D eigenvalue weighted by atomic mass is 10.0. The Morgan fingerprint density at radius 1 is 1.25 bits per heavy atom. The summed E-state index contributed by atoms with van der Waals surface area (Å²) in [5.41, 5.74) is 1.94. The van der Waals surface area contributed by atoms with Crippen LogP contribution in [0.25, 0.3) is 0 Å². The Morgan fingerprint density at radius 2 is 1.81 bits per heavy atom. The van der Waals surface area contributed by atoms with Crippen molar-refractivity contribution >= 4 is 5.69 Å². The summed E-state index contributed by atoms with van der Waals surface area (Å²) in [7, 11) is 5.74. The maximum absolute atomic E-state index is 9.50. The van der Waals surface area contributed by atoms with Crippen LogP contribution in [0.5, 0.6) is 11.5 Å². The monoisotopic (exact) mass is 224 g/mol. The fourth-order valence-corrected chi connectivity index (χ4v) is 1.62. The van der Waals surface area contributed by atoms with Crippen LogP contribution in [0.4, 0.5) is 5.69 Å². The molecule has 1 atom stereocenters. The van der Waals surface area contributed by atoms with E-state index in [1.807, 2.05) is 26.0 Å². The van der Waals surface area contributed by atoms with Gasteiger partial charge in [0.15, 0.2) is 11.5 Å². The average Bonchev–Trinajstić information content (AvgIpc) is 2.22. The van der Waals surface area contributed by atoms with Crippen LogP contribution in [0.15, 0.2) is 12.1 Å². The minimum absolute atomic E-state index is 0.0658. The normalized spacial score (nSPS) is 12.5. The fourth-order valence-electron chi connectivity index (χ4n) is 1.62. The number of nitrogens with one attached hydrogen (secondary N) is 1. The van der Waals surface area contributed by atoms with Crippen molar-refractivity contribution in [2.75, 3.05) is 26.0 Å². The molecule has 0 saturated heterocycles. The molecular formula is C12H20N2O2. The number of likely N-dealkylation sites (N-methyl/N-ethyl adjacent to an activating group) is 1. The molecule has 4 heteroatoms. The predicted octanol–water partition coefficient (Wildman–Crippen LogP) is 1.31. The lowest BCUT2D eigenvalue weighted by Crippen LogP contribution is -2.24. The van der Waals surface area contributed by atoms with Gasteiger partial charge in [-0.25, -0.2) is 0 Å². The minimum atomic E-state index is -0.0791. The van der Waals surface area contributed by atoms with Crippen LogP contribution >= 0.6 is 0 Å². The molecular weight excluding hydrogens is 204 g/mol. The third kappa shape index (κ3) is 2.79. The van der Waals surface area contributed by atoms with Gasteiger partial charge in [-0.05, 0) is 32.0 Å². The molecule has 3 N–H and O–H groups in total. The zero-order chi connectivity index (χ0) is 12.3. The summed E-state index contributed by atoms with van der Waals surface area (Å²) >= 11 is 0. The highest BCUT2D eigenvalue weighted by atomic mass is 16.3. The van der Waals surface area contributed by atoms with Crippen molar-refractivity contribution in [1.82, 2.24) is 5.32 Å². The van der Waals surface area contributed by atoms with Gasteiger partial charge in [0.2, 0.25) is 0 Å². The number of phenolic OH excluding ortho intramolecular Hbond substituents is 2. The van der Waals surface area contributed by atoms with Gasteiger partial charge in [0, 0.05) is 31.9 Å². The molecule has 0 spiro atoms. The number of nitrogens with zero attached hydrogens (tertiary/aromatic N) is 1. The first-order valence-corrected chi connectivity index (χ1v) is 5.35. The van der Waals surface area contributed by atoms with Gasteiger partial charge in [0.1, 0.15) is 0 Å². The van der Waals surface area contributed by atoms with E-state index < -0.39 is 0 Å². The molecule has 90 valence electrons. The summed E-state index contributed by atoms with van der Waals surface area (Å²) in [6.45, 7) is 2.07. The Morgan fingerprint density at radius 3 is 2.31 bits per heavy atom. The van der Waals surface area contributed by atoms with Crippen molar-refractivity contribution in [3.8, 4) is 11.5 Å². The highest BCUT2D eigenvalue weighted by Crippen LogP contribution is 2.33. The molecule has 0 aliphatic carbocycles. The molecule has 0 fully saturated rings. The Bertz CT molecular complexity index is 364. The summed E-state index contributed by atoms with van der Waals surface area (Å²) in [4.78, 5) is 1.93. The summed E-state index contributed by atoms with van der Waals surface area (Å²) in [5.74, 6) is -0.145. The van der Waals surface area contributed by atoms with Crippen molar-refractivity contribution in [1.29, 1.82) is 0 Å². The van der Waals surface area contributed by atoms with E-state index in [-0.39, 0.29) is 11.5 Å². The van der Waals surface area contributed by atoms with E-state index in [9.17, 15) is 10.2 Å². The molecule has 0 aliphatic heterocycles. The number of hydrogen-bond donors (Lipinski definition) is 3. The smallest absolute Gasteiger partial charge is 0.159 e. The van der Waals surface area contributed by atoms with Crippen LogP contribution in [0.3, 0.4) is 0 Å². The lowest BCUT2D eigenvalue weighted by molar-refractivity contribution is 0.403. The molecule has 1 rings (SSSR count). The fraction of sp³-hybridized carbons (Fsp3) is 0.500. The van der Waals surface area contributed by atoms with Crippen molar-refractivity contribution < 1.29 is 10.2 Å². The summed E-state index contributed by atoms with van der Waals surface area (Å²) < 4.78 is 0. The van der Waals surface area contributed by atoms with E-state index in [1.54, 1.807) is 12.1 Å². The Balaban J connectivity index is 3.09. The molecule has 0 amide bonds. The van der Waals surface area contributed by atoms with Crippen LogP contribution in [-0.4, -0.2) is 37.4 Å². The lowest BCUT2D eigenvalue weighted by Gasteiger charge is -2.20. The van der Waals surface area contributed by atoms with Crippen LogP contribution in [0.2, 0.25) is 0 Å². The van der Waals surface area contributed by atoms with E-state index in [2.05, 4.69) is 12.2 Å². The number of aromatic hydroxyl groups is 2. The molecule has 1 aromatic carbocycles. The van der Waals surface area contributed by atoms with Gasteiger partial charge in [0.25, 0.3) is 0 Å². The second-order valence-electron chi connectivity index (χ2n) is 4.26. The number of phenols is 2. The molecule has 0 aliphatic rings. The van der Waals surface area contributed by atoms with E-state index in [1.165, 1.54) is 0 Å². The third-order valence-corrected chi connectivity index (χ3v) is 2.68. The van der Waals surface area contributed by atoms with Crippen LogP contribution in [-0.2, 0) is 6.42 Å². The Hall–Kier alpha value is -1.42. The molecule has 16 heavy (non-hydrogen) atoms. The van der Waals surface area contributed by atoms with Gasteiger partial charge in [-0.2, -0.15) is 0 Å². The molecule has 0 aromatic heterocycles. The number of anilines is 1. The van der Waals surface area contributed by atoms with Crippen LogP contribution in [0.1, 0.15) is 12.5 Å². The zero-order valence-electron chi connectivity index (χ0n) is 10.3. The zero-order valence-corrected chi connectivity index (χ0v) is 10.3. The first-order chi connectivity index (χ1) is 7.45. The van der Waals surface area contributed by atoms with Crippen molar-refractivity contribution in [3.63, 3.8) is 0 Å². The van der Waals surface area contributed by atoms with Gasteiger partial charge < -0.3 is 20.4 Å². The second-order valence-corrected chi connectivity index (χ2v) is 4.26. The van der Waals surface area contributed by atoms with Gasteiger partial charge in [-0.3, -0.25) is 0 Å². The van der Waals surface area contributed by atoms with E-state index in [0.717, 1.165) is 17.7 Å². The van der Waals surface area contributed by atoms with Crippen molar-refractivity contribution in [2.45, 2.75) is 19.4 Å². The van der Waals surface area contributed by atoms with Crippen molar-refractivity contribution in [3.05, 3.63) is 17.7 Å². The highest BCUT2D eigenvalue weighted by Gasteiger charge is 2.12. The average molecular weight is 224 g/mol. The van der Waals surface area contributed by atoms with E-state index in [4.69, 9.17) is 0 Å². The third-order valence-electron chi connectivity index (χ3n) is 2.68.